The van der Waals surface area contributed by atoms with Crippen LogP contribution in [-0.2, 0) is 20.1 Å². The molecule has 0 aliphatic rings. The second-order valence-electron chi connectivity index (χ2n) is 12.3. The van der Waals surface area contributed by atoms with E-state index in [0.29, 0.717) is 0 Å². The number of nitrogens with zero attached hydrogens (tertiary/aromatic N) is 5. The van der Waals surface area contributed by atoms with E-state index in [1.807, 2.05) is 90.6 Å². The van der Waals surface area contributed by atoms with Crippen LogP contribution in [0.15, 0.2) is 158 Å². The summed E-state index contributed by atoms with van der Waals surface area (Å²) < 4.78 is 4.91. The van der Waals surface area contributed by atoms with E-state index in [-0.39, 0.29) is 20.1 Å². The van der Waals surface area contributed by atoms with E-state index in [1.54, 1.807) is 0 Å². The van der Waals surface area contributed by atoms with Crippen molar-refractivity contribution in [3.8, 4) is 50.8 Å². The molecule has 0 N–H and O–H groups in total. The summed E-state index contributed by atoms with van der Waals surface area (Å²) in [5.74, 6) is 0. The maximum Gasteiger partial charge on any atom is 0.0915 e. The normalized spacial score (nSPS) is 11.4. The molecule has 243 valence electrons. The van der Waals surface area contributed by atoms with E-state index in [1.165, 1.54) is 30.9 Å². The van der Waals surface area contributed by atoms with E-state index in [4.69, 9.17) is 4.98 Å². The molecule has 10 rings (SSSR count). The molecule has 6 aromatic heterocycles. The third-order valence-corrected chi connectivity index (χ3v) is 10.4. The number of hydrogen-bond acceptors (Lipinski definition) is 5. The molecule has 1 radical (unpaired) electrons. The molecular weight excluding hydrogens is 823 g/mol. The average molecular weight is 849 g/mol. The minimum atomic E-state index is 0. The van der Waals surface area contributed by atoms with Crippen LogP contribution >= 0.6 is 11.3 Å². The standard InChI is InChI=1S/C44H26N5S.Ir/c1-2-16-43-32(12-1)35-26-34-33-23-29(28-10-9-11-30(22-28)36-13-3-6-19-45-36)17-18-41(33)49(42(34)27-44(35)50-43)31-24-39(37-14-4-7-20-46-37)48-40(25-31)38-15-5-8-21-47-38;/h1-10,12-27H;/q-1;. The summed E-state index contributed by atoms with van der Waals surface area (Å²) in [5.41, 5.74) is 10.6. The molecule has 4 aromatic carbocycles. The van der Waals surface area contributed by atoms with Crippen molar-refractivity contribution in [1.29, 1.82) is 0 Å². The summed E-state index contributed by atoms with van der Waals surface area (Å²) in [6.45, 7) is 0. The maximum atomic E-state index is 5.07. The van der Waals surface area contributed by atoms with E-state index < -0.39 is 0 Å². The zero-order valence-corrected chi connectivity index (χ0v) is 30.2. The third kappa shape index (κ3) is 5.43. The van der Waals surface area contributed by atoms with Gasteiger partial charge in [-0.05, 0) is 84.1 Å². The first-order valence-electron chi connectivity index (χ1n) is 16.5. The van der Waals surface area contributed by atoms with Gasteiger partial charge in [-0.2, -0.15) is 0 Å². The molecule has 0 fully saturated rings. The van der Waals surface area contributed by atoms with Crippen LogP contribution in [0.2, 0.25) is 0 Å². The molecule has 0 atom stereocenters. The van der Waals surface area contributed by atoms with Crippen molar-refractivity contribution in [2.45, 2.75) is 0 Å². The predicted octanol–water partition coefficient (Wildman–Crippen LogP) is 11.2. The zero-order valence-electron chi connectivity index (χ0n) is 27.0. The molecule has 5 nitrogen and oxygen atoms in total. The Morgan fingerprint density at radius 1 is 0.471 bits per heavy atom. The van der Waals surface area contributed by atoms with Crippen molar-refractivity contribution in [2.24, 2.45) is 0 Å². The summed E-state index contributed by atoms with van der Waals surface area (Å²) in [4.78, 5) is 19.0. The van der Waals surface area contributed by atoms with Crippen LogP contribution in [0.1, 0.15) is 0 Å². The molecule has 0 unspecified atom stereocenters. The van der Waals surface area contributed by atoms with Gasteiger partial charge in [-0.3, -0.25) is 9.97 Å². The van der Waals surface area contributed by atoms with Crippen molar-refractivity contribution in [3.05, 3.63) is 164 Å². The largest absolute Gasteiger partial charge is 0.309 e. The molecule has 0 saturated heterocycles. The quantitative estimate of drug-likeness (QED) is 0.162. The predicted molar refractivity (Wildman–Crippen MR) is 205 cm³/mol. The molecule has 6 heterocycles. The number of fused-ring (bicyclic) bond motifs is 6. The summed E-state index contributed by atoms with van der Waals surface area (Å²) >= 11 is 1.83. The van der Waals surface area contributed by atoms with E-state index in [9.17, 15) is 0 Å². The Hall–Kier alpha value is -5.85. The molecule has 7 heteroatoms. The Kier molecular flexibility index (Phi) is 7.82. The Balaban J connectivity index is 0.00000348. The molecule has 0 bridgehead atoms. The van der Waals surface area contributed by atoms with Gasteiger partial charge in [0.25, 0.3) is 0 Å². The van der Waals surface area contributed by atoms with Crippen molar-refractivity contribution in [1.82, 2.24) is 24.5 Å². The van der Waals surface area contributed by atoms with E-state index in [0.717, 1.165) is 61.9 Å². The molecule has 0 spiro atoms. The SMILES string of the molecule is [Ir].[c-]1ccc(-c2ccc3c(c2)c2cc4c(cc2n3-c2cc(-c3ccccn3)nc(-c3ccccn3)c2)sc2ccccc24)cc1-c1ccccn1. The van der Waals surface area contributed by atoms with E-state index >= 15 is 0 Å². The van der Waals surface area contributed by atoms with Crippen LogP contribution in [0.5, 0.6) is 0 Å². The van der Waals surface area contributed by atoms with Gasteiger partial charge >= 0.3 is 0 Å². The fourth-order valence-corrected chi connectivity index (χ4v) is 8.07. The Bertz CT molecular complexity index is 2810. The van der Waals surface area contributed by atoms with Gasteiger partial charge in [0.1, 0.15) is 0 Å². The summed E-state index contributed by atoms with van der Waals surface area (Å²) in [7, 11) is 0. The number of hydrogen-bond donors (Lipinski definition) is 0. The summed E-state index contributed by atoms with van der Waals surface area (Å²) in [6, 6.07) is 52.0. The number of thiophene rings is 1. The van der Waals surface area contributed by atoms with Gasteiger partial charge in [-0.1, -0.05) is 48.5 Å². The monoisotopic (exact) mass is 849 g/mol. The average Bonchev–Trinajstić information content (AvgIpc) is 3.72. The zero-order chi connectivity index (χ0) is 33.0. The minimum absolute atomic E-state index is 0. The first-order valence-corrected chi connectivity index (χ1v) is 17.3. The van der Waals surface area contributed by atoms with Crippen molar-refractivity contribution in [3.63, 3.8) is 0 Å². The van der Waals surface area contributed by atoms with Crippen molar-refractivity contribution >= 4 is 53.3 Å². The molecule has 51 heavy (non-hydrogen) atoms. The smallest absolute Gasteiger partial charge is 0.0915 e. The van der Waals surface area contributed by atoms with Crippen molar-refractivity contribution in [2.75, 3.05) is 0 Å². The topological polar surface area (TPSA) is 56.5 Å². The van der Waals surface area contributed by atoms with Gasteiger partial charge < -0.3 is 9.55 Å². The number of benzene rings is 4. The number of rotatable bonds is 5. The molecule has 0 aliphatic heterocycles. The molecule has 10 aromatic rings. The van der Waals surface area contributed by atoms with Gasteiger partial charge in [-0.25, -0.2) is 4.98 Å². The van der Waals surface area contributed by atoms with Crippen LogP contribution in [0.3, 0.4) is 0 Å². The molecule has 0 aliphatic carbocycles. The Morgan fingerprint density at radius 3 is 1.82 bits per heavy atom. The van der Waals surface area contributed by atoms with Crippen LogP contribution in [0, 0.1) is 6.07 Å². The first kappa shape index (κ1) is 31.2. The van der Waals surface area contributed by atoms with Gasteiger partial charge in [-0.15, -0.1) is 46.7 Å². The maximum absolute atomic E-state index is 5.07. The second-order valence-corrected chi connectivity index (χ2v) is 13.3. The summed E-state index contributed by atoms with van der Waals surface area (Å²) in [5, 5.41) is 4.93. The first-order chi connectivity index (χ1) is 24.8. The molecule has 0 amide bonds. The Labute approximate surface area is 311 Å². The second kappa shape index (κ2) is 12.8. The van der Waals surface area contributed by atoms with Crippen molar-refractivity contribution < 1.29 is 20.1 Å². The van der Waals surface area contributed by atoms with Crippen LogP contribution in [-0.4, -0.2) is 24.5 Å². The van der Waals surface area contributed by atoms with Crippen LogP contribution < -0.4 is 0 Å². The molecule has 0 saturated carbocycles. The summed E-state index contributed by atoms with van der Waals surface area (Å²) in [6.07, 6.45) is 5.44. The van der Waals surface area contributed by atoms with Gasteiger partial charge in [0.05, 0.1) is 39.5 Å². The third-order valence-electron chi connectivity index (χ3n) is 9.26. The van der Waals surface area contributed by atoms with Crippen LogP contribution in [0.25, 0.3) is 92.8 Å². The van der Waals surface area contributed by atoms with Gasteiger partial charge in [0.15, 0.2) is 0 Å². The number of pyridine rings is 4. The molecular formula is C44H26IrN5S-. The minimum Gasteiger partial charge on any atom is -0.309 e. The fraction of sp³-hybridized carbons (Fsp3) is 0. The van der Waals surface area contributed by atoms with Gasteiger partial charge in [0, 0.05) is 69.6 Å². The number of aromatic nitrogens is 5. The van der Waals surface area contributed by atoms with Gasteiger partial charge in [0.2, 0.25) is 0 Å². The van der Waals surface area contributed by atoms with Crippen LogP contribution in [0.4, 0.5) is 0 Å². The fourth-order valence-electron chi connectivity index (χ4n) is 6.95. The van der Waals surface area contributed by atoms with E-state index in [2.05, 4.69) is 104 Å². The Morgan fingerprint density at radius 2 is 1.12 bits per heavy atom.